The van der Waals surface area contributed by atoms with Crippen LogP contribution in [-0.4, -0.2) is 50.5 Å². The number of nitrogens with zero attached hydrogens (tertiary/aromatic N) is 2. The molecule has 3 aromatic rings. The smallest absolute Gasteiger partial charge is 0.277 e. The van der Waals surface area contributed by atoms with Crippen molar-refractivity contribution < 1.29 is 28.1 Å². The Kier molecular flexibility index (Phi) is 6.57. The van der Waals surface area contributed by atoms with Crippen LogP contribution in [-0.2, 0) is 15.3 Å². The van der Waals surface area contributed by atoms with Crippen LogP contribution in [0.1, 0.15) is 5.56 Å². The number of methoxy groups -OCH3 is 3. The van der Waals surface area contributed by atoms with Gasteiger partial charge in [-0.15, -0.1) is 10.2 Å². The van der Waals surface area contributed by atoms with Crippen molar-refractivity contribution in [2.75, 3.05) is 40.3 Å². The summed E-state index contributed by atoms with van der Waals surface area (Å²) in [6.45, 7) is 1.01. The first kappa shape index (κ1) is 21.8. The van der Waals surface area contributed by atoms with Gasteiger partial charge in [-0.2, -0.15) is 0 Å². The summed E-state index contributed by atoms with van der Waals surface area (Å²) in [7, 11) is 4.65. The van der Waals surface area contributed by atoms with Gasteiger partial charge in [0.25, 0.3) is 5.22 Å². The predicted molar refractivity (Wildman–Crippen MR) is 115 cm³/mol. The molecule has 1 saturated heterocycles. The van der Waals surface area contributed by atoms with Gasteiger partial charge in [0.2, 0.25) is 17.4 Å². The number of hydrogen-bond donors (Lipinski definition) is 0. The molecule has 0 radical (unpaired) electrons. The lowest BCUT2D eigenvalue weighted by atomic mass is 10.1. The van der Waals surface area contributed by atoms with Crippen LogP contribution in [0, 0.1) is 0 Å². The highest BCUT2D eigenvalue weighted by Gasteiger charge is 2.39. The van der Waals surface area contributed by atoms with Gasteiger partial charge in [0.15, 0.2) is 11.5 Å². The van der Waals surface area contributed by atoms with E-state index in [0.717, 1.165) is 5.56 Å². The molecule has 10 heteroatoms. The predicted octanol–water partition coefficient (Wildman–Crippen LogP) is 4.41. The van der Waals surface area contributed by atoms with E-state index in [1.807, 2.05) is 24.3 Å². The molecule has 0 saturated carbocycles. The number of halogens is 1. The molecule has 8 nitrogen and oxygen atoms in total. The van der Waals surface area contributed by atoms with Crippen molar-refractivity contribution in [1.29, 1.82) is 0 Å². The van der Waals surface area contributed by atoms with Crippen molar-refractivity contribution in [1.82, 2.24) is 10.2 Å². The van der Waals surface area contributed by atoms with Gasteiger partial charge < -0.3 is 28.1 Å². The molecule has 0 unspecified atom stereocenters. The van der Waals surface area contributed by atoms with Crippen molar-refractivity contribution in [3.05, 3.63) is 47.0 Å². The molecule has 1 aromatic heterocycles. The number of ether oxygens (including phenoxy) is 5. The lowest BCUT2D eigenvalue weighted by Crippen LogP contribution is -2.30. The molecule has 1 aliphatic rings. The van der Waals surface area contributed by atoms with Crippen LogP contribution in [0.25, 0.3) is 11.5 Å². The first-order chi connectivity index (χ1) is 15.1. The van der Waals surface area contributed by atoms with Crippen LogP contribution in [0.15, 0.2) is 46.0 Å². The largest absolute Gasteiger partial charge is 0.493 e. The maximum absolute atomic E-state index is 6.01. The molecule has 0 bridgehead atoms. The molecule has 1 aliphatic heterocycles. The number of thioether (sulfide) groups is 1. The summed E-state index contributed by atoms with van der Waals surface area (Å²) in [6.07, 6.45) is 0. The second kappa shape index (κ2) is 9.35. The van der Waals surface area contributed by atoms with Crippen LogP contribution in [0.2, 0.25) is 5.02 Å². The van der Waals surface area contributed by atoms with Gasteiger partial charge >= 0.3 is 0 Å². The van der Waals surface area contributed by atoms with E-state index in [9.17, 15) is 0 Å². The van der Waals surface area contributed by atoms with Gasteiger partial charge in [-0.1, -0.05) is 35.5 Å². The Morgan fingerprint density at radius 1 is 0.968 bits per heavy atom. The Morgan fingerprint density at radius 2 is 1.61 bits per heavy atom. The van der Waals surface area contributed by atoms with Gasteiger partial charge in [0.05, 0.1) is 40.3 Å². The van der Waals surface area contributed by atoms with E-state index in [1.54, 1.807) is 33.5 Å². The summed E-state index contributed by atoms with van der Waals surface area (Å²) in [5.74, 6) is 1.36. The van der Waals surface area contributed by atoms with Crippen LogP contribution < -0.4 is 14.2 Å². The topological polar surface area (TPSA) is 85.1 Å². The lowest BCUT2D eigenvalue weighted by Gasteiger charge is -2.26. The minimum absolute atomic E-state index is 0.329. The van der Waals surface area contributed by atoms with Crippen LogP contribution >= 0.6 is 23.4 Å². The third kappa shape index (κ3) is 4.45. The number of hydrogen-bond acceptors (Lipinski definition) is 9. The molecular weight excluding hydrogens is 444 g/mol. The molecule has 2 heterocycles. The van der Waals surface area contributed by atoms with Crippen molar-refractivity contribution in [3.63, 3.8) is 0 Å². The Balaban J connectivity index is 1.55. The highest BCUT2D eigenvalue weighted by molar-refractivity contribution is 7.99. The monoisotopic (exact) mass is 464 g/mol. The van der Waals surface area contributed by atoms with Crippen LogP contribution in [0.3, 0.4) is 0 Å². The molecule has 2 aromatic carbocycles. The van der Waals surface area contributed by atoms with Gasteiger partial charge in [0.1, 0.15) is 0 Å². The number of rotatable bonds is 8. The first-order valence-electron chi connectivity index (χ1n) is 9.39. The second-order valence-corrected chi connectivity index (χ2v) is 7.90. The number of aromatic nitrogens is 2. The van der Waals surface area contributed by atoms with E-state index < -0.39 is 5.79 Å². The minimum Gasteiger partial charge on any atom is -0.493 e. The van der Waals surface area contributed by atoms with E-state index >= 15 is 0 Å². The molecule has 31 heavy (non-hydrogen) atoms. The minimum atomic E-state index is -0.892. The van der Waals surface area contributed by atoms with Gasteiger partial charge in [0, 0.05) is 16.1 Å². The Morgan fingerprint density at radius 3 is 2.19 bits per heavy atom. The molecule has 0 spiro atoms. The van der Waals surface area contributed by atoms with Crippen molar-refractivity contribution in [2.24, 2.45) is 0 Å². The van der Waals surface area contributed by atoms with Gasteiger partial charge in [-0.3, -0.25) is 0 Å². The quantitative estimate of drug-likeness (QED) is 0.450. The average molecular weight is 465 g/mol. The molecule has 164 valence electrons. The molecule has 0 N–H and O–H groups in total. The Hall–Kier alpha value is -2.46. The summed E-state index contributed by atoms with van der Waals surface area (Å²) in [4.78, 5) is 0. The van der Waals surface area contributed by atoms with Crippen molar-refractivity contribution >= 4 is 23.4 Å². The third-order valence-corrected chi connectivity index (χ3v) is 5.93. The normalized spacial score (nSPS) is 15.1. The molecular formula is C21H21ClN2O6S. The zero-order chi connectivity index (χ0) is 21.8. The summed E-state index contributed by atoms with van der Waals surface area (Å²) < 4.78 is 33.9. The molecule has 0 atom stereocenters. The summed E-state index contributed by atoms with van der Waals surface area (Å²) >= 11 is 7.36. The first-order valence-corrected chi connectivity index (χ1v) is 10.8. The molecule has 4 rings (SSSR count). The molecule has 0 aliphatic carbocycles. The number of benzene rings is 2. The zero-order valence-electron chi connectivity index (χ0n) is 17.2. The maximum atomic E-state index is 6.01. The van der Waals surface area contributed by atoms with Gasteiger partial charge in [-0.25, -0.2) is 0 Å². The van der Waals surface area contributed by atoms with E-state index in [0.29, 0.717) is 57.9 Å². The standard InChI is InChI=1S/C21H21ClN2O6S/c1-25-16-10-13(11-17(26-2)18(16)27-3)19-23-24-20(30-19)31-12-21(28-8-9-29-21)14-4-6-15(22)7-5-14/h4-7,10-11H,8-9,12H2,1-3H3. The van der Waals surface area contributed by atoms with E-state index in [-0.39, 0.29) is 0 Å². The summed E-state index contributed by atoms with van der Waals surface area (Å²) in [6, 6.07) is 10.9. The fourth-order valence-electron chi connectivity index (χ4n) is 3.24. The molecule has 0 amide bonds. The summed E-state index contributed by atoms with van der Waals surface area (Å²) in [5, 5.41) is 9.34. The Labute approximate surface area is 188 Å². The highest BCUT2D eigenvalue weighted by atomic mass is 35.5. The van der Waals surface area contributed by atoms with Crippen LogP contribution in [0.4, 0.5) is 0 Å². The van der Waals surface area contributed by atoms with Gasteiger partial charge in [-0.05, 0) is 24.3 Å². The van der Waals surface area contributed by atoms with E-state index in [4.69, 9.17) is 39.7 Å². The molecule has 1 fully saturated rings. The maximum Gasteiger partial charge on any atom is 0.277 e. The fourth-order valence-corrected chi connectivity index (χ4v) is 4.25. The van der Waals surface area contributed by atoms with Crippen molar-refractivity contribution in [3.8, 4) is 28.7 Å². The lowest BCUT2D eigenvalue weighted by molar-refractivity contribution is -0.145. The van der Waals surface area contributed by atoms with E-state index in [2.05, 4.69) is 10.2 Å². The average Bonchev–Trinajstić information content (AvgIpc) is 3.47. The fraction of sp³-hybridized carbons (Fsp3) is 0.333. The third-order valence-electron chi connectivity index (χ3n) is 4.74. The SMILES string of the molecule is COc1cc(-c2nnc(SCC3(c4ccc(Cl)cc4)OCCO3)o2)cc(OC)c1OC. The van der Waals surface area contributed by atoms with Crippen LogP contribution in [0.5, 0.6) is 17.2 Å². The van der Waals surface area contributed by atoms with E-state index in [1.165, 1.54) is 11.8 Å². The Bertz CT molecular complexity index is 1010. The zero-order valence-corrected chi connectivity index (χ0v) is 18.8. The van der Waals surface area contributed by atoms with Crippen molar-refractivity contribution in [2.45, 2.75) is 11.0 Å². The highest BCUT2D eigenvalue weighted by Crippen LogP contribution is 2.42. The summed E-state index contributed by atoms with van der Waals surface area (Å²) in [5.41, 5.74) is 1.53. The second-order valence-electron chi connectivity index (χ2n) is 6.53.